The number of hydrogen-bond donors (Lipinski definition) is 2. The van der Waals surface area contributed by atoms with Gasteiger partial charge >= 0.3 is 0 Å². The van der Waals surface area contributed by atoms with Crippen molar-refractivity contribution in [3.05, 3.63) is 29.3 Å². The summed E-state index contributed by atoms with van der Waals surface area (Å²) in [5.74, 6) is 1.99. The van der Waals surface area contributed by atoms with Gasteiger partial charge in [0.2, 0.25) is 6.41 Å². The SMILES string of the molecule is O=CN[C@H]1Cc2ccc(O)cc2CN1[C@H](CC1CCCC1)C1CC1. The van der Waals surface area contributed by atoms with Crippen LogP contribution in [0.3, 0.4) is 0 Å². The van der Waals surface area contributed by atoms with Crippen LogP contribution in [0.1, 0.15) is 56.1 Å². The van der Waals surface area contributed by atoms with E-state index in [0.29, 0.717) is 11.8 Å². The molecule has 1 heterocycles. The van der Waals surface area contributed by atoms with E-state index in [-0.39, 0.29) is 6.17 Å². The smallest absolute Gasteiger partial charge is 0.208 e. The van der Waals surface area contributed by atoms with Gasteiger partial charge in [0.15, 0.2) is 0 Å². The molecule has 0 spiro atoms. The lowest BCUT2D eigenvalue weighted by Crippen LogP contribution is -2.54. The monoisotopic (exact) mass is 328 g/mol. The lowest BCUT2D eigenvalue weighted by Gasteiger charge is -2.43. The summed E-state index contributed by atoms with van der Waals surface area (Å²) >= 11 is 0. The molecule has 4 heteroatoms. The van der Waals surface area contributed by atoms with Gasteiger partial charge in [0, 0.05) is 19.0 Å². The van der Waals surface area contributed by atoms with Crippen LogP contribution in [-0.4, -0.2) is 28.6 Å². The second-order valence-corrected chi connectivity index (χ2v) is 7.92. The predicted octanol–water partition coefficient (Wildman–Crippen LogP) is 3.18. The highest BCUT2D eigenvalue weighted by atomic mass is 16.3. The Morgan fingerprint density at radius 2 is 2.00 bits per heavy atom. The Morgan fingerprint density at radius 1 is 1.21 bits per heavy atom. The molecule has 130 valence electrons. The minimum absolute atomic E-state index is 0.0894. The molecule has 4 rings (SSSR count). The van der Waals surface area contributed by atoms with Gasteiger partial charge in [-0.2, -0.15) is 0 Å². The molecule has 2 atom stereocenters. The second kappa shape index (κ2) is 6.75. The Bertz CT molecular complexity index is 593. The number of amides is 1. The molecule has 1 amide bonds. The van der Waals surface area contributed by atoms with Crippen LogP contribution >= 0.6 is 0 Å². The normalized spacial score (nSPS) is 26.1. The standard InChI is InChI=1S/C20H28N2O2/c23-13-21-20-11-16-7-8-18(24)10-17(16)12-22(20)19(15-5-6-15)9-14-3-1-2-4-14/h7-8,10,13-15,19-20,24H,1-6,9,11-12H2,(H,21,23)/t19-,20-/m1/s1. The number of fused-ring (bicyclic) bond motifs is 1. The van der Waals surface area contributed by atoms with Gasteiger partial charge in [-0.3, -0.25) is 9.69 Å². The van der Waals surface area contributed by atoms with Crippen molar-refractivity contribution in [3.8, 4) is 5.75 Å². The van der Waals surface area contributed by atoms with Crippen molar-refractivity contribution in [2.45, 2.75) is 70.1 Å². The molecular formula is C20H28N2O2. The minimum Gasteiger partial charge on any atom is -0.508 e. The van der Waals surface area contributed by atoms with Gasteiger partial charge in [-0.25, -0.2) is 0 Å². The largest absolute Gasteiger partial charge is 0.508 e. The number of phenolic OH excluding ortho intramolecular Hbond substituents is 1. The van der Waals surface area contributed by atoms with Crippen LogP contribution in [0.5, 0.6) is 5.75 Å². The number of carbonyl (C=O) groups is 1. The van der Waals surface area contributed by atoms with E-state index in [9.17, 15) is 9.90 Å². The topological polar surface area (TPSA) is 52.6 Å². The van der Waals surface area contributed by atoms with Gasteiger partial charge in [0.25, 0.3) is 0 Å². The summed E-state index contributed by atoms with van der Waals surface area (Å²) in [4.78, 5) is 13.7. The molecule has 0 unspecified atom stereocenters. The van der Waals surface area contributed by atoms with Crippen molar-refractivity contribution in [1.82, 2.24) is 10.2 Å². The molecular weight excluding hydrogens is 300 g/mol. The number of hydrogen-bond acceptors (Lipinski definition) is 3. The van der Waals surface area contributed by atoms with Gasteiger partial charge in [0.1, 0.15) is 5.75 Å². The molecule has 2 saturated carbocycles. The number of benzene rings is 1. The van der Waals surface area contributed by atoms with E-state index in [2.05, 4.69) is 10.2 Å². The number of aromatic hydroxyl groups is 1. The third-order valence-electron chi connectivity index (χ3n) is 6.26. The van der Waals surface area contributed by atoms with Crippen molar-refractivity contribution in [2.24, 2.45) is 11.8 Å². The van der Waals surface area contributed by atoms with Crippen LogP contribution in [-0.2, 0) is 17.8 Å². The zero-order valence-corrected chi connectivity index (χ0v) is 14.3. The molecule has 3 aliphatic rings. The third-order valence-corrected chi connectivity index (χ3v) is 6.26. The summed E-state index contributed by atoms with van der Waals surface area (Å²) in [6.45, 7) is 0.836. The van der Waals surface area contributed by atoms with Gasteiger partial charge in [-0.05, 0) is 54.4 Å². The average molecular weight is 328 g/mol. The fourth-order valence-corrected chi connectivity index (χ4v) is 4.84. The molecule has 0 aromatic heterocycles. The maximum absolute atomic E-state index is 11.2. The molecule has 24 heavy (non-hydrogen) atoms. The average Bonchev–Trinajstić information content (AvgIpc) is 3.29. The van der Waals surface area contributed by atoms with Crippen LogP contribution in [0.25, 0.3) is 0 Å². The van der Waals surface area contributed by atoms with Crippen molar-refractivity contribution >= 4 is 6.41 Å². The summed E-state index contributed by atoms with van der Waals surface area (Å²) < 4.78 is 0. The van der Waals surface area contributed by atoms with Crippen LogP contribution < -0.4 is 5.32 Å². The molecule has 0 bridgehead atoms. The molecule has 1 aliphatic heterocycles. The highest BCUT2D eigenvalue weighted by Crippen LogP contribution is 2.43. The number of nitrogens with one attached hydrogen (secondary N) is 1. The van der Waals surface area contributed by atoms with E-state index < -0.39 is 0 Å². The van der Waals surface area contributed by atoms with E-state index >= 15 is 0 Å². The summed E-state index contributed by atoms with van der Waals surface area (Å²) in [5, 5.41) is 12.9. The Hall–Kier alpha value is -1.55. The Balaban J connectivity index is 1.58. The lowest BCUT2D eigenvalue weighted by atomic mass is 9.90. The number of nitrogens with zero attached hydrogens (tertiary/aromatic N) is 1. The summed E-state index contributed by atoms with van der Waals surface area (Å²) in [6.07, 6.45) is 11.2. The van der Waals surface area contributed by atoms with E-state index in [4.69, 9.17) is 0 Å². The van der Waals surface area contributed by atoms with Crippen molar-refractivity contribution < 1.29 is 9.90 Å². The maximum Gasteiger partial charge on any atom is 0.208 e. The molecule has 2 fully saturated rings. The van der Waals surface area contributed by atoms with E-state index in [1.165, 1.54) is 56.1 Å². The van der Waals surface area contributed by atoms with E-state index in [0.717, 1.165) is 31.2 Å². The van der Waals surface area contributed by atoms with Gasteiger partial charge < -0.3 is 10.4 Å². The van der Waals surface area contributed by atoms with Gasteiger partial charge in [-0.15, -0.1) is 0 Å². The van der Waals surface area contributed by atoms with E-state index in [1.807, 2.05) is 12.1 Å². The highest BCUT2D eigenvalue weighted by molar-refractivity contribution is 5.47. The Kier molecular flexibility index (Phi) is 4.49. The van der Waals surface area contributed by atoms with Gasteiger partial charge in [0.05, 0.1) is 6.17 Å². The zero-order valence-electron chi connectivity index (χ0n) is 14.3. The van der Waals surface area contributed by atoms with E-state index in [1.54, 1.807) is 6.07 Å². The van der Waals surface area contributed by atoms with Crippen molar-refractivity contribution in [3.63, 3.8) is 0 Å². The molecule has 1 aromatic carbocycles. The molecule has 0 saturated heterocycles. The quantitative estimate of drug-likeness (QED) is 0.789. The van der Waals surface area contributed by atoms with Crippen LogP contribution in [0.2, 0.25) is 0 Å². The molecule has 1 aromatic rings. The predicted molar refractivity (Wildman–Crippen MR) is 93.4 cm³/mol. The van der Waals surface area contributed by atoms with Crippen LogP contribution in [0.4, 0.5) is 0 Å². The summed E-state index contributed by atoms with van der Waals surface area (Å²) in [7, 11) is 0. The number of carbonyl (C=O) groups excluding carboxylic acids is 1. The Morgan fingerprint density at radius 3 is 2.71 bits per heavy atom. The fraction of sp³-hybridized carbons (Fsp3) is 0.650. The number of phenols is 1. The first-order valence-electron chi connectivity index (χ1n) is 9.51. The molecule has 2 N–H and O–H groups in total. The second-order valence-electron chi connectivity index (χ2n) is 7.92. The lowest BCUT2D eigenvalue weighted by molar-refractivity contribution is -0.112. The molecule has 4 nitrogen and oxygen atoms in total. The zero-order chi connectivity index (χ0) is 16.5. The Labute approximate surface area is 144 Å². The molecule has 0 radical (unpaired) electrons. The fourth-order valence-electron chi connectivity index (χ4n) is 4.84. The first-order valence-corrected chi connectivity index (χ1v) is 9.51. The summed E-state index contributed by atoms with van der Waals surface area (Å²) in [6, 6.07) is 6.23. The number of rotatable bonds is 6. The third kappa shape index (κ3) is 3.30. The van der Waals surface area contributed by atoms with Crippen molar-refractivity contribution in [1.29, 1.82) is 0 Å². The van der Waals surface area contributed by atoms with Crippen LogP contribution in [0.15, 0.2) is 18.2 Å². The van der Waals surface area contributed by atoms with Crippen molar-refractivity contribution in [2.75, 3.05) is 0 Å². The summed E-state index contributed by atoms with van der Waals surface area (Å²) in [5.41, 5.74) is 2.47. The molecule has 2 aliphatic carbocycles. The maximum atomic E-state index is 11.2. The first kappa shape index (κ1) is 15.9. The minimum atomic E-state index is 0.0894. The first-order chi connectivity index (χ1) is 11.7. The van der Waals surface area contributed by atoms with Crippen LogP contribution in [0, 0.1) is 11.8 Å². The highest BCUT2D eigenvalue weighted by Gasteiger charge is 2.41. The van der Waals surface area contributed by atoms with Gasteiger partial charge in [-0.1, -0.05) is 31.7 Å².